The number of benzene rings is 2. The molecule has 0 aliphatic carbocycles. The minimum absolute atomic E-state index is 0.192. The van der Waals surface area contributed by atoms with Crippen LogP contribution in [0.2, 0.25) is 0 Å². The van der Waals surface area contributed by atoms with Crippen LogP contribution < -0.4 is 16.4 Å². The number of carbonyl (C=O) groups excluding carboxylic acids is 1. The second-order valence-electron chi connectivity index (χ2n) is 4.23. The third-order valence-corrected chi connectivity index (χ3v) is 2.69. The second-order valence-corrected chi connectivity index (χ2v) is 4.23. The zero-order chi connectivity index (χ0) is 15.4. The van der Waals surface area contributed by atoms with Crippen molar-refractivity contribution in [3.63, 3.8) is 0 Å². The first-order chi connectivity index (χ1) is 9.99. The minimum Gasteiger partial charge on any atom is -0.326 e. The number of carbonyl (C=O) groups is 1. The summed E-state index contributed by atoms with van der Waals surface area (Å²) in [7, 11) is 0. The lowest BCUT2D eigenvalue weighted by atomic mass is 10.2. The number of halogens is 3. The maximum atomic E-state index is 13.0. The van der Waals surface area contributed by atoms with E-state index in [1.165, 1.54) is 0 Å². The number of rotatable bonds is 3. The lowest BCUT2D eigenvalue weighted by molar-refractivity contribution is 0.262. The van der Waals surface area contributed by atoms with E-state index in [0.717, 1.165) is 5.56 Å². The first-order valence-electron chi connectivity index (χ1n) is 6.01. The van der Waals surface area contributed by atoms with Gasteiger partial charge >= 0.3 is 6.03 Å². The van der Waals surface area contributed by atoms with Crippen molar-refractivity contribution in [2.45, 2.75) is 6.54 Å². The molecule has 0 unspecified atom stereocenters. The molecule has 0 aliphatic rings. The van der Waals surface area contributed by atoms with E-state index in [-0.39, 0.29) is 5.69 Å². The Bertz CT molecular complexity index is 636. The molecule has 0 fully saturated rings. The summed E-state index contributed by atoms with van der Waals surface area (Å²) < 4.78 is 38.8. The molecule has 2 aromatic rings. The molecule has 0 heterocycles. The molecular weight excluding hydrogens is 283 g/mol. The van der Waals surface area contributed by atoms with Crippen molar-refractivity contribution in [2.24, 2.45) is 5.73 Å². The fourth-order valence-corrected chi connectivity index (χ4v) is 1.65. The Hall–Kier alpha value is -2.54. The predicted octanol–water partition coefficient (Wildman–Crippen LogP) is 3.21. The Morgan fingerprint density at radius 3 is 2.00 bits per heavy atom. The number of urea groups is 1. The van der Waals surface area contributed by atoms with Gasteiger partial charge < -0.3 is 16.4 Å². The molecule has 4 nitrogen and oxygen atoms in total. The average molecular weight is 295 g/mol. The third kappa shape index (κ3) is 3.73. The summed E-state index contributed by atoms with van der Waals surface area (Å²) >= 11 is 0. The van der Waals surface area contributed by atoms with Gasteiger partial charge in [0.25, 0.3) is 0 Å². The van der Waals surface area contributed by atoms with Crippen molar-refractivity contribution in [3.05, 3.63) is 59.4 Å². The molecule has 2 amide bonds. The highest BCUT2D eigenvalue weighted by Gasteiger charge is 2.12. The van der Waals surface area contributed by atoms with Gasteiger partial charge in [-0.25, -0.2) is 18.0 Å². The van der Waals surface area contributed by atoms with Crippen molar-refractivity contribution in [1.82, 2.24) is 0 Å². The summed E-state index contributed by atoms with van der Waals surface area (Å²) in [5.74, 6) is -4.34. The predicted molar refractivity (Wildman–Crippen MR) is 73.3 cm³/mol. The lowest BCUT2D eigenvalue weighted by Gasteiger charge is -2.08. The molecule has 0 aromatic heterocycles. The maximum absolute atomic E-state index is 13.0. The summed E-state index contributed by atoms with van der Waals surface area (Å²) in [6, 6.07) is 7.40. The van der Waals surface area contributed by atoms with Crippen LogP contribution >= 0.6 is 0 Å². The second kappa shape index (κ2) is 6.27. The Morgan fingerprint density at radius 1 is 0.952 bits per heavy atom. The van der Waals surface area contributed by atoms with E-state index in [1.807, 2.05) is 0 Å². The van der Waals surface area contributed by atoms with Crippen molar-refractivity contribution in [3.8, 4) is 0 Å². The van der Waals surface area contributed by atoms with Crippen LogP contribution in [0.5, 0.6) is 0 Å². The van der Waals surface area contributed by atoms with Crippen molar-refractivity contribution < 1.29 is 18.0 Å². The summed E-state index contributed by atoms with van der Waals surface area (Å²) in [4.78, 5) is 11.7. The van der Waals surface area contributed by atoms with Crippen LogP contribution in [-0.4, -0.2) is 6.03 Å². The van der Waals surface area contributed by atoms with Gasteiger partial charge in [0.05, 0.1) is 0 Å². The first-order valence-corrected chi connectivity index (χ1v) is 6.01. The fourth-order valence-electron chi connectivity index (χ4n) is 1.65. The highest BCUT2D eigenvalue weighted by Crippen LogP contribution is 2.17. The fraction of sp³-hybridized carbons (Fsp3) is 0.0714. The Morgan fingerprint density at radius 2 is 1.48 bits per heavy atom. The molecule has 21 heavy (non-hydrogen) atoms. The molecule has 0 saturated carbocycles. The van der Waals surface area contributed by atoms with E-state index in [0.29, 0.717) is 24.4 Å². The molecule has 0 spiro atoms. The van der Waals surface area contributed by atoms with E-state index in [1.54, 1.807) is 24.3 Å². The standard InChI is InChI=1S/C14H12F3N3O/c15-11-5-10(6-12(16)13(11)17)20-14(21)19-9-3-1-8(7-18)2-4-9/h1-6H,7,18H2,(H2,19,20,21). The summed E-state index contributed by atoms with van der Waals surface area (Å²) in [5, 5.41) is 4.67. The Balaban J connectivity index is 2.04. The zero-order valence-electron chi connectivity index (χ0n) is 10.8. The molecule has 0 radical (unpaired) electrons. The SMILES string of the molecule is NCc1ccc(NC(=O)Nc2cc(F)c(F)c(F)c2)cc1. The minimum atomic E-state index is -1.58. The van der Waals surface area contributed by atoms with Crippen LogP contribution in [0, 0.1) is 17.5 Å². The third-order valence-electron chi connectivity index (χ3n) is 2.69. The molecule has 110 valence electrons. The molecule has 4 N–H and O–H groups in total. The Kier molecular flexibility index (Phi) is 4.44. The van der Waals surface area contributed by atoms with Crippen molar-refractivity contribution >= 4 is 17.4 Å². The van der Waals surface area contributed by atoms with Crippen LogP contribution in [0.15, 0.2) is 36.4 Å². The van der Waals surface area contributed by atoms with E-state index in [4.69, 9.17) is 5.73 Å². The van der Waals surface area contributed by atoms with Gasteiger partial charge in [0.1, 0.15) is 0 Å². The zero-order valence-corrected chi connectivity index (χ0v) is 10.8. The van der Waals surface area contributed by atoms with Gasteiger partial charge in [-0.05, 0) is 17.7 Å². The highest BCUT2D eigenvalue weighted by atomic mass is 19.2. The highest BCUT2D eigenvalue weighted by molar-refractivity contribution is 5.99. The monoisotopic (exact) mass is 295 g/mol. The summed E-state index contributed by atoms with van der Waals surface area (Å²) in [6.45, 7) is 0.376. The topological polar surface area (TPSA) is 67.1 Å². The van der Waals surface area contributed by atoms with Crippen LogP contribution in [0.25, 0.3) is 0 Å². The number of amides is 2. The molecule has 0 aliphatic heterocycles. The Labute approximate surface area is 118 Å². The number of anilines is 2. The van der Waals surface area contributed by atoms with Gasteiger partial charge in [0.2, 0.25) is 0 Å². The largest absolute Gasteiger partial charge is 0.326 e. The van der Waals surface area contributed by atoms with Gasteiger partial charge in [0.15, 0.2) is 17.5 Å². The smallest absolute Gasteiger partial charge is 0.323 e. The van der Waals surface area contributed by atoms with E-state index in [9.17, 15) is 18.0 Å². The van der Waals surface area contributed by atoms with Gasteiger partial charge in [-0.1, -0.05) is 12.1 Å². The number of nitrogens with two attached hydrogens (primary N) is 1. The van der Waals surface area contributed by atoms with Gasteiger partial charge in [0, 0.05) is 30.1 Å². The number of nitrogens with one attached hydrogen (secondary N) is 2. The van der Waals surface area contributed by atoms with Crippen LogP contribution in [0.4, 0.5) is 29.3 Å². The summed E-state index contributed by atoms with van der Waals surface area (Å²) in [5.41, 5.74) is 6.62. The lowest BCUT2D eigenvalue weighted by Crippen LogP contribution is -2.19. The molecule has 0 atom stereocenters. The van der Waals surface area contributed by atoms with E-state index < -0.39 is 23.5 Å². The molecule has 0 bridgehead atoms. The van der Waals surface area contributed by atoms with Crippen LogP contribution in [-0.2, 0) is 6.54 Å². The van der Waals surface area contributed by atoms with Gasteiger partial charge in [-0.15, -0.1) is 0 Å². The van der Waals surface area contributed by atoms with Crippen LogP contribution in [0.3, 0.4) is 0 Å². The number of hydrogen-bond acceptors (Lipinski definition) is 2. The van der Waals surface area contributed by atoms with E-state index in [2.05, 4.69) is 10.6 Å². The number of hydrogen-bond donors (Lipinski definition) is 3. The molecular formula is C14H12F3N3O. The van der Waals surface area contributed by atoms with Crippen LogP contribution in [0.1, 0.15) is 5.56 Å². The van der Waals surface area contributed by atoms with Gasteiger partial charge in [-0.3, -0.25) is 0 Å². The maximum Gasteiger partial charge on any atom is 0.323 e. The van der Waals surface area contributed by atoms with Crippen molar-refractivity contribution in [2.75, 3.05) is 10.6 Å². The summed E-state index contributed by atoms with van der Waals surface area (Å²) in [6.07, 6.45) is 0. The average Bonchev–Trinajstić information content (AvgIpc) is 2.45. The molecule has 0 saturated heterocycles. The molecule has 7 heteroatoms. The first kappa shape index (κ1) is 14.9. The normalized spacial score (nSPS) is 10.3. The van der Waals surface area contributed by atoms with E-state index >= 15 is 0 Å². The molecule has 2 rings (SSSR count). The quantitative estimate of drug-likeness (QED) is 0.761. The molecule has 2 aromatic carbocycles. The van der Waals surface area contributed by atoms with Gasteiger partial charge in [-0.2, -0.15) is 0 Å². The van der Waals surface area contributed by atoms with Crippen molar-refractivity contribution in [1.29, 1.82) is 0 Å².